The zero-order chi connectivity index (χ0) is 19.7. The minimum absolute atomic E-state index is 0.625. The van der Waals surface area contributed by atoms with Gasteiger partial charge in [-0.15, -0.1) is 0 Å². The molecule has 3 aromatic rings. The van der Waals surface area contributed by atoms with E-state index < -0.39 is 0 Å². The van der Waals surface area contributed by atoms with Crippen LogP contribution in [0.15, 0.2) is 84.9 Å². The Morgan fingerprint density at radius 2 is 1.28 bits per heavy atom. The number of hydrogen-bond donors (Lipinski definition) is 1. The van der Waals surface area contributed by atoms with Gasteiger partial charge < -0.3 is 5.32 Å². The summed E-state index contributed by atoms with van der Waals surface area (Å²) < 4.78 is 0. The fourth-order valence-electron chi connectivity index (χ4n) is 3.90. The van der Waals surface area contributed by atoms with Gasteiger partial charge in [0.05, 0.1) is 0 Å². The van der Waals surface area contributed by atoms with Crippen LogP contribution in [0.2, 0.25) is 0 Å². The topological polar surface area (TPSA) is 15.3 Å². The molecular weight excluding hydrogens is 352 g/mol. The van der Waals surface area contributed by atoms with Gasteiger partial charge in [-0.05, 0) is 48.2 Å². The Labute approximate surface area is 174 Å². The molecule has 0 aliphatic carbocycles. The van der Waals surface area contributed by atoms with E-state index in [-0.39, 0.29) is 0 Å². The van der Waals surface area contributed by atoms with Crippen molar-refractivity contribution in [2.75, 3.05) is 13.1 Å². The van der Waals surface area contributed by atoms with E-state index in [9.17, 15) is 0 Å². The zero-order valence-corrected chi connectivity index (χ0v) is 17.0. The van der Waals surface area contributed by atoms with Crippen molar-refractivity contribution in [3.63, 3.8) is 0 Å². The summed E-state index contributed by atoms with van der Waals surface area (Å²) in [6.07, 6.45) is 6.79. The van der Waals surface area contributed by atoms with E-state index in [1.807, 2.05) is 6.07 Å². The second kappa shape index (κ2) is 10.2. The van der Waals surface area contributed by atoms with Crippen molar-refractivity contribution >= 4 is 12.2 Å². The van der Waals surface area contributed by atoms with E-state index in [0.29, 0.717) is 6.04 Å². The highest BCUT2D eigenvalue weighted by atomic mass is 15.1. The monoisotopic (exact) mass is 382 g/mol. The van der Waals surface area contributed by atoms with Gasteiger partial charge in [0.2, 0.25) is 0 Å². The summed E-state index contributed by atoms with van der Waals surface area (Å²) in [6.45, 7) is 4.38. The lowest BCUT2D eigenvalue weighted by atomic mass is 10.0. The van der Waals surface area contributed by atoms with Crippen molar-refractivity contribution in [3.8, 4) is 0 Å². The fourth-order valence-corrected chi connectivity index (χ4v) is 3.90. The van der Waals surface area contributed by atoms with E-state index in [1.165, 1.54) is 48.2 Å². The standard InChI is InChI=1S/C27H30N2/c1-3-7-23(8-4-1)11-12-24-13-15-25(16-14-24)21-28-27-17-19-29(20-18-27)22-26-9-5-2-6-10-26/h1-16,27-28H,17-22H2. The van der Waals surface area contributed by atoms with Crippen LogP contribution in [-0.2, 0) is 13.1 Å². The van der Waals surface area contributed by atoms with E-state index in [1.54, 1.807) is 0 Å². The summed E-state index contributed by atoms with van der Waals surface area (Å²) in [6, 6.07) is 30.8. The molecule has 2 heteroatoms. The Morgan fingerprint density at radius 1 is 0.690 bits per heavy atom. The third-order valence-electron chi connectivity index (χ3n) is 5.68. The Kier molecular flexibility index (Phi) is 6.90. The van der Waals surface area contributed by atoms with Crippen LogP contribution in [0, 0.1) is 0 Å². The van der Waals surface area contributed by atoms with Crippen LogP contribution in [0.1, 0.15) is 35.1 Å². The average Bonchev–Trinajstić information content (AvgIpc) is 2.79. The second-order valence-corrected chi connectivity index (χ2v) is 7.90. The molecule has 1 aliphatic rings. The quantitative estimate of drug-likeness (QED) is 0.534. The van der Waals surface area contributed by atoms with Crippen LogP contribution in [0.4, 0.5) is 0 Å². The number of likely N-dealkylation sites (tertiary alicyclic amines) is 1. The predicted molar refractivity (Wildman–Crippen MR) is 123 cm³/mol. The molecule has 0 bridgehead atoms. The van der Waals surface area contributed by atoms with Crippen LogP contribution < -0.4 is 5.32 Å². The summed E-state index contributed by atoms with van der Waals surface area (Å²) in [7, 11) is 0. The van der Waals surface area contributed by atoms with Crippen molar-refractivity contribution in [1.29, 1.82) is 0 Å². The average molecular weight is 383 g/mol. The molecule has 148 valence electrons. The first-order valence-electron chi connectivity index (χ1n) is 10.7. The number of benzene rings is 3. The summed E-state index contributed by atoms with van der Waals surface area (Å²) >= 11 is 0. The van der Waals surface area contributed by atoms with Crippen LogP contribution in [0.3, 0.4) is 0 Å². The molecule has 2 nitrogen and oxygen atoms in total. The van der Waals surface area contributed by atoms with E-state index in [0.717, 1.165) is 13.1 Å². The third-order valence-corrected chi connectivity index (χ3v) is 5.68. The molecule has 0 amide bonds. The van der Waals surface area contributed by atoms with Gasteiger partial charge in [-0.1, -0.05) is 97.1 Å². The first-order chi connectivity index (χ1) is 14.3. The molecule has 0 atom stereocenters. The predicted octanol–water partition coefficient (Wildman–Crippen LogP) is 5.61. The third kappa shape index (κ3) is 6.15. The van der Waals surface area contributed by atoms with E-state index >= 15 is 0 Å². The van der Waals surface area contributed by atoms with Gasteiger partial charge >= 0.3 is 0 Å². The van der Waals surface area contributed by atoms with Crippen molar-refractivity contribution < 1.29 is 0 Å². The lowest BCUT2D eigenvalue weighted by Gasteiger charge is -2.32. The van der Waals surface area contributed by atoms with Gasteiger partial charge in [0, 0.05) is 19.1 Å². The lowest BCUT2D eigenvalue weighted by molar-refractivity contribution is 0.190. The van der Waals surface area contributed by atoms with Crippen LogP contribution >= 0.6 is 0 Å². The van der Waals surface area contributed by atoms with Crippen LogP contribution in [0.5, 0.6) is 0 Å². The van der Waals surface area contributed by atoms with Gasteiger partial charge in [0.1, 0.15) is 0 Å². The molecule has 1 aliphatic heterocycles. The summed E-state index contributed by atoms with van der Waals surface area (Å²) in [5, 5.41) is 3.75. The Bertz CT molecular complexity index is 877. The molecule has 1 heterocycles. The Balaban J connectivity index is 1.20. The molecule has 3 aromatic carbocycles. The lowest BCUT2D eigenvalue weighted by Crippen LogP contribution is -2.41. The number of hydrogen-bond acceptors (Lipinski definition) is 2. The smallest absolute Gasteiger partial charge is 0.0233 e. The molecule has 1 saturated heterocycles. The SMILES string of the molecule is C(=Cc1ccc(CNC2CCN(Cc3ccccc3)CC2)cc1)c1ccccc1. The molecule has 4 rings (SSSR count). The van der Waals surface area contributed by atoms with Gasteiger partial charge in [-0.3, -0.25) is 4.90 Å². The summed E-state index contributed by atoms with van der Waals surface area (Å²) in [4.78, 5) is 2.57. The molecule has 0 aromatic heterocycles. The van der Waals surface area contributed by atoms with E-state index in [4.69, 9.17) is 0 Å². The van der Waals surface area contributed by atoms with Gasteiger partial charge in [-0.2, -0.15) is 0 Å². The molecular formula is C27H30N2. The second-order valence-electron chi connectivity index (χ2n) is 7.90. The minimum atomic E-state index is 0.625. The van der Waals surface area contributed by atoms with Crippen molar-refractivity contribution in [1.82, 2.24) is 10.2 Å². The molecule has 0 spiro atoms. The highest BCUT2D eigenvalue weighted by Crippen LogP contribution is 2.15. The summed E-state index contributed by atoms with van der Waals surface area (Å²) in [5.74, 6) is 0. The highest BCUT2D eigenvalue weighted by molar-refractivity contribution is 5.69. The van der Waals surface area contributed by atoms with Crippen molar-refractivity contribution in [2.24, 2.45) is 0 Å². The van der Waals surface area contributed by atoms with Gasteiger partial charge in [-0.25, -0.2) is 0 Å². The molecule has 0 unspecified atom stereocenters. The zero-order valence-electron chi connectivity index (χ0n) is 17.0. The first-order valence-corrected chi connectivity index (χ1v) is 10.7. The number of piperidine rings is 1. The molecule has 0 saturated carbocycles. The molecule has 1 N–H and O–H groups in total. The largest absolute Gasteiger partial charge is 0.310 e. The number of rotatable bonds is 7. The molecule has 1 fully saturated rings. The molecule has 29 heavy (non-hydrogen) atoms. The van der Waals surface area contributed by atoms with Crippen LogP contribution in [0.25, 0.3) is 12.2 Å². The normalized spacial score (nSPS) is 15.7. The summed E-state index contributed by atoms with van der Waals surface area (Å²) in [5.41, 5.74) is 5.25. The van der Waals surface area contributed by atoms with Crippen molar-refractivity contribution in [3.05, 3.63) is 107 Å². The Morgan fingerprint density at radius 3 is 1.93 bits per heavy atom. The van der Waals surface area contributed by atoms with Gasteiger partial charge in [0.15, 0.2) is 0 Å². The fraction of sp³-hybridized carbons (Fsp3) is 0.259. The first kappa shape index (κ1) is 19.6. The maximum Gasteiger partial charge on any atom is 0.0233 e. The minimum Gasteiger partial charge on any atom is -0.310 e. The Hall–Kier alpha value is -2.68. The van der Waals surface area contributed by atoms with Crippen molar-refractivity contribution in [2.45, 2.75) is 32.0 Å². The number of nitrogens with one attached hydrogen (secondary N) is 1. The van der Waals surface area contributed by atoms with Crippen LogP contribution in [-0.4, -0.2) is 24.0 Å². The highest BCUT2D eigenvalue weighted by Gasteiger charge is 2.18. The van der Waals surface area contributed by atoms with Gasteiger partial charge in [0.25, 0.3) is 0 Å². The maximum absolute atomic E-state index is 3.75. The number of nitrogens with zero attached hydrogens (tertiary/aromatic N) is 1. The molecule has 0 radical (unpaired) electrons. The maximum atomic E-state index is 3.75. The van der Waals surface area contributed by atoms with E-state index in [2.05, 4.69) is 101 Å².